The molecule has 2 aromatic carbocycles. The summed E-state index contributed by atoms with van der Waals surface area (Å²) in [6, 6.07) is 18.9. The number of nitrogens with zero attached hydrogens (tertiary/aromatic N) is 2. The molecule has 4 rings (SSSR count). The highest BCUT2D eigenvalue weighted by molar-refractivity contribution is 8.93. The highest BCUT2D eigenvalue weighted by atomic mass is 79.9. The van der Waals surface area contributed by atoms with Gasteiger partial charge in [-0.2, -0.15) is 4.57 Å². The first kappa shape index (κ1) is 17.1. The normalized spacial score (nSPS) is 12.5. The van der Waals surface area contributed by atoms with Crippen LogP contribution in [-0.2, 0) is 6.54 Å². The van der Waals surface area contributed by atoms with Crippen molar-refractivity contribution in [1.82, 2.24) is 4.57 Å². The zero-order chi connectivity index (χ0) is 15.6. The maximum absolute atomic E-state index is 5.57. The summed E-state index contributed by atoms with van der Waals surface area (Å²) in [5, 5.41) is 1.30. The predicted molar refractivity (Wildman–Crippen MR) is 104 cm³/mol. The van der Waals surface area contributed by atoms with Gasteiger partial charge in [-0.05, 0) is 43.0 Å². The summed E-state index contributed by atoms with van der Waals surface area (Å²) in [4.78, 5) is 0. The number of hydrogen-bond donors (Lipinski definition) is 0. The summed E-state index contributed by atoms with van der Waals surface area (Å²) in [6.07, 6.45) is 2.27. The number of benzene rings is 2. The van der Waals surface area contributed by atoms with Gasteiger partial charge in [0, 0.05) is 11.3 Å². The van der Waals surface area contributed by atoms with E-state index >= 15 is 0 Å². The van der Waals surface area contributed by atoms with Crippen LogP contribution in [0.15, 0.2) is 66.0 Å². The number of halogens is 1. The van der Waals surface area contributed by atoms with Gasteiger partial charge < -0.3 is 4.74 Å². The largest absolute Gasteiger partial charge is 0.494 e. The highest BCUT2D eigenvalue weighted by Crippen LogP contribution is 2.31. The maximum Gasteiger partial charge on any atom is 0.323 e. The van der Waals surface area contributed by atoms with E-state index in [2.05, 4.69) is 57.8 Å². The van der Waals surface area contributed by atoms with E-state index in [9.17, 15) is 0 Å². The van der Waals surface area contributed by atoms with Gasteiger partial charge in [0.15, 0.2) is 5.69 Å². The van der Waals surface area contributed by atoms with Crippen LogP contribution in [0.25, 0.3) is 16.9 Å². The third kappa shape index (κ3) is 3.10. The van der Waals surface area contributed by atoms with Crippen molar-refractivity contribution in [2.45, 2.75) is 18.6 Å². The van der Waals surface area contributed by atoms with Crippen molar-refractivity contribution in [2.75, 3.05) is 12.4 Å². The lowest BCUT2D eigenvalue weighted by molar-refractivity contribution is -0.723. The number of rotatable bonds is 4. The Morgan fingerprint density at radius 2 is 1.83 bits per heavy atom. The van der Waals surface area contributed by atoms with Gasteiger partial charge in [-0.25, -0.2) is 4.57 Å². The monoisotopic (exact) mass is 403 g/mol. The molecule has 0 atom stereocenters. The molecule has 1 aliphatic heterocycles. The second-order valence-corrected chi connectivity index (χ2v) is 6.53. The Balaban J connectivity index is 0.00000169. The Bertz CT molecular complexity index is 815. The number of aromatic nitrogens is 2. The minimum absolute atomic E-state index is 0. The van der Waals surface area contributed by atoms with E-state index in [0.29, 0.717) is 6.61 Å². The Morgan fingerprint density at radius 1 is 1.08 bits per heavy atom. The Kier molecular flexibility index (Phi) is 5.31. The maximum atomic E-state index is 5.57. The van der Waals surface area contributed by atoms with Crippen molar-refractivity contribution in [3.8, 4) is 22.7 Å². The molecule has 0 aliphatic carbocycles. The second-order valence-electron chi connectivity index (χ2n) is 5.47. The summed E-state index contributed by atoms with van der Waals surface area (Å²) in [5.41, 5.74) is 3.65. The lowest BCUT2D eigenvalue weighted by atomic mass is 10.1. The van der Waals surface area contributed by atoms with Crippen LogP contribution in [-0.4, -0.2) is 16.9 Å². The molecule has 5 heteroatoms. The minimum atomic E-state index is 0. The number of ether oxygens (including phenoxy) is 1. The predicted octanol–water partition coefficient (Wildman–Crippen LogP) is 4.51. The Labute approximate surface area is 157 Å². The van der Waals surface area contributed by atoms with E-state index < -0.39 is 0 Å². The third-order valence-electron chi connectivity index (χ3n) is 3.99. The van der Waals surface area contributed by atoms with Crippen LogP contribution < -0.4 is 9.30 Å². The van der Waals surface area contributed by atoms with Crippen LogP contribution in [0.2, 0.25) is 0 Å². The fourth-order valence-corrected chi connectivity index (χ4v) is 4.07. The van der Waals surface area contributed by atoms with Gasteiger partial charge >= 0.3 is 5.16 Å². The first-order valence-electron chi connectivity index (χ1n) is 7.93. The van der Waals surface area contributed by atoms with E-state index in [0.717, 1.165) is 18.0 Å². The van der Waals surface area contributed by atoms with Gasteiger partial charge in [-0.15, -0.1) is 17.0 Å². The van der Waals surface area contributed by atoms with Crippen molar-refractivity contribution in [1.29, 1.82) is 0 Å². The van der Waals surface area contributed by atoms with Gasteiger partial charge in [-0.1, -0.05) is 30.3 Å². The van der Waals surface area contributed by atoms with E-state index in [1.807, 2.05) is 30.8 Å². The Hall–Kier alpha value is -1.72. The molecule has 0 N–H and O–H groups in total. The smallest absolute Gasteiger partial charge is 0.323 e. The first-order chi connectivity index (χ1) is 11.4. The standard InChI is InChI=1S/C19H19N2OS.BrH/c1-2-22-17-10-8-16(9-11-17)21-18(15-6-4-3-5-7-15)14-20-12-13-23-19(20)21;/h3-11,14H,2,12-13H2,1H3;1H/q+1;. The average molecular weight is 404 g/mol. The zero-order valence-electron chi connectivity index (χ0n) is 13.5. The van der Waals surface area contributed by atoms with Gasteiger partial charge in [0.25, 0.3) is 0 Å². The van der Waals surface area contributed by atoms with Gasteiger partial charge in [-0.3, -0.25) is 0 Å². The molecule has 124 valence electrons. The van der Waals surface area contributed by atoms with E-state index in [1.165, 1.54) is 22.1 Å². The van der Waals surface area contributed by atoms with E-state index in [1.54, 1.807) is 0 Å². The van der Waals surface area contributed by atoms with Crippen molar-refractivity contribution < 1.29 is 9.30 Å². The van der Waals surface area contributed by atoms with Gasteiger partial charge in [0.1, 0.15) is 24.2 Å². The molecular formula is C19H20BrN2OS+. The molecule has 0 saturated carbocycles. The molecule has 0 spiro atoms. The number of fused-ring (bicyclic) bond motifs is 1. The molecule has 0 saturated heterocycles. The molecule has 0 unspecified atom stereocenters. The van der Waals surface area contributed by atoms with Crippen LogP contribution in [0.4, 0.5) is 0 Å². The zero-order valence-corrected chi connectivity index (χ0v) is 16.0. The van der Waals surface area contributed by atoms with Crippen LogP contribution in [0.3, 0.4) is 0 Å². The summed E-state index contributed by atoms with van der Waals surface area (Å²) in [5.74, 6) is 2.06. The molecule has 0 fully saturated rings. The molecule has 0 bridgehead atoms. The molecule has 3 aromatic rings. The number of hydrogen-bond acceptors (Lipinski definition) is 2. The summed E-state index contributed by atoms with van der Waals surface area (Å²) in [6.45, 7) is 3.77. The quantitative estimate of drug-likeness (QED) is 0.596. The van der Waals surface area contributed by atoms with E-state index in [-0.39, 0.29) is 17.0 Å². The molecule has 1 aromatic heterocycles. The lowest BCUT2D eigenvalue weighted by Crippen LogP contribution is -2.30. The number of aryl methyl sites for hydroxylation is 1. The van der Waals surface area contributed by atoms with Crippen molar-refractivity contribution in [2.24, 2.45) is 0 Å². The molecule has 0 radical (unpaired) electrons. The minimum Gasteiger partial charge on any atom is -0.494 e. The fraction of sp³-hybridized carbons (Fsp3) is 0.211. The molecule has 2 heterocycles. The lowest BCUT2D eigenvalue weighted by Gasteiger charge is -2.06. The van der Waals surface area contributed by atoms with Crippen LogP contribution in [0.1, 0.15) is 6.92 Å². The SMILES string of the molecule is Br.CCOc1ccc(-n2c(-c3ccccc3)c[n+]3c2SCC3)cc1. The van der Waals surface area contributed by atoms with Crippen LogP contribution >= 0.6 is 28.7 Å². The topological polar surface area (TPSA) is 18.0 Å². The molecule has 0 amide bonds. The average Bonchev–Trinajstić information content (AvgIpc) is 3.18. The molecule has 3 nitrogen and oxygen atoms in total. The summed E-state index contributed by atoms with van der Waals surface area (Å²) >= 11 is 1.91. The number of imidazole rings is 1. The molecule has 24 heavy (non-hydrogen) atoms. The van der Waals surface area contributed by atoms with Crippen LogP contribution in [0, 0.1) is 0 Å². The second kappa shape index (κ2) is 7.45. The molecular weight excluding hydrogens is 384 g/mol. The van der Waals surface area contributed by atoms with Crippen LogP contribution in [0.5, 0.6) is 5.75 Å². The fourth-order valence-electron chi connectivity index (χ4n) is 2.96. The summed E-state index contributed by atoms with van der Waals surface area (Å²) in [7, 11) is 0. The van der Waals surface area contributed by atoms with Crippen molar-refractivity contribution >= 4 is 28.7 Å². The van der Waals surface area contributed by atoms with Gasteiger partial charge in [0.2, 0.25) is 0 Å². The van der Waals surface area contributed by atoms with E-state index in [4.69, 9.17) is 4.74 Å². The molecule has 1 aliphatic rings. The number of thioether (sulfide) groups is 1. The van der Waals surface area contributed by atoms with Crippen molar-refractivity contribution in [3.63, 3.8) is 0 Å². The Morgan fingerprint density at radius 3 is 2.54 bits per heavy atom. The summed E-state index contributed by atoms with van der Waals surface area (Å²) < 4.78 is 10.3. The third-order valence-corrected chi connectivity index (χ3v) is 5.06. The first-order valence-corrected chi connectivity index (χ1v) is 8.92. The van der Waals surface area contributed by atoms with Gasteiger partial charge in [0.05, 0.1) is 6.61 Å². The highest BCUT2D eigenvalue weighted by Gasteiger charge is 2.30. The van der Waals surface area contributed by atoms with Crippen molar-refractivity contribution in [3.05, 3.63) is 60.8 Å².